The highest BCUT2D eigenvalue weighted by Gasteiger charge is 2.53. The second-order valence-electron chi connectivity index (χ2n) is 5.86. The van der Waals surface area contributed by atoms with Crippen LogP contribution in [0.5, 0.6) is 5.75 Å². The Morgan fingerprint density at radius 1 is 1.05 bits per heavy atom. The molecule has 0 aliphatic carbocycles. The Bertz CT molecular complexity index is 510. The van der Waals surface area contributed by atoms with Gasteiger partial charge in [0, 0.05) is 0 Å². The highest BCUT2D eigenvalue weighted by atomic mass is 19.4. The zero-order chi connectivity index (χ0) is 15.3. The van der Waals surface area contributed by atoms with E-state index in [0.717, 1.165) is 18.2 Å². The van der Waals surface area contributed by atoms with Crippen LogP contribution in [0.1, 0.15) is 33.3 Å². The van der Waals surface area contributed by atoms with Crippen LogP contribution in [0.4, 0.5) is 13.2 Å². The summed E-state index contributed by atoms with van der Waals surface area (Å²) in [5, 5.41) is 9.45. The Morgan fingerprint density at radius 2 is 1.55 bits per heavy atom. The van der Waals surface area contributed by atoms with E-state index in [-0.39, 0.29) is 11.2 Å². The largest absolute Gasteiger partial charge is 0.508 e. The van der Waals surface area contributed by atoms with E-state index in [1.54, 1.807) is 27.7 Å². The van der Waals surface area contributed by atoms with E-state index in [2.05, 4.69) is 0 Å². The standard InChI is InChI=1S/C13H16BF3O3/c1-11(2)12(3,4)20-14(19-11)10-7-8(18)5-6-9(10)13(15,16)17/h5-7,18H,1-4H3. The van der Waals surface area contributed by atoms with Crippen molar-refractivity contribution in [1.82, 2.24) is 0 Å². The molecule has 1 N–H and O–H groups in total. The van der Waals surface area contributed by atoms with Gasteiger partial charge in [-0.3, -0.25) is 0 Å². The average molecular weight is 288 g/mol. The van der Waals surface area contributed by atoms with Gasteiger partial charge in [0.1, 0.15) is 5.75 Å². The monoisotopic (exact) mass is 288 g/mol. The van der Waals surface area contributed by atoms with Gasteiger partial charge in [-0.1, -0.05) is 0 Å². The lowest BCUT2D eigenvalue weighted by molar-refractivity contribution is -0.136. The number of benzene rings is 1. The molecule has 0 atom stereocenters. The first-order valence-electron chi connectivity index (χ1n) is 6.20. The van der Waals surface area contributed by atoms with Crippen LogP contribution in [0.15, 0.2) is 18.2 Å². The normalized spacial score (nSPS) is 21.2. The van der Waals surface area contributed by atoms with Gasteiger partial charge in [0.25, 0.3) is 0 Å². The van der Waals surface area contributed by atoms with E-state index in [9.17, 15) is 18.3 Å². The molecule has 1 aromatic carbocycles. The topological polar surface area (TPSA) is 38.7 Å². The highest BCUT2D eigenvalue weighted by molar-refractivity contribution is 6.62. The van der Waals surface area contributed by atoms with Crippen molar-refractivity contribution in [2.24, 2.45) is 0 Å². The fourth-order valence-corrected chi connectivity index (χ4v) is 1.97. The molecule has 7 heteroatoms. The highest BCUT2D eigenvalue weighted by Crippen LogP contribution is 2.38. The van der Waals surface area contributed by atoms with Gasteiger partial charge in [-0.05, 0) is 51.4 Å². The third-order valence-corrected chi connectivity index (χ3v) is 3.85. The second kappa shape index (κ2) is 4.39. The van der Waals surface area contributed by atoms with Crippen molar-refractivity contribution < 1.29 is 27.6 Å². The van der Waals surface area contributed by atoms with Gasteiger partial charge in [-0.25, -0.2) is 0 Å². The fourth-order valence-electron chi connectivity index (χ4n) is 1.97. The molecule has 20 heavy (non-hydrogen) atoms. The van der Waals surface area contributed by atoms with Crippen molar-refractivity contribution >= 4 is 12.6 Å². The van der Waals surface area contributed by atoms with Crippen LogP contribution in [0, 0.1) is 0 Å². The minimum absolute atomic E-state index is 0.212. The molecule has 0 bridgehead atoms. The van der Waals surface area contributed by atoms with Crippen LogP contribution in [-0.2, 0) is 15.5 Å². The molecule has 1 aliphatic heterocycles. The van der Waals surface area contributed by atoms with Crippen molar-refractivity contribution in [2.45, 2.75) is 45.1 Å². The summed E-state index contributed by atoms with van der Waals surface area (Å²) >= 11 is 0. The Labute approximate surface area is 115 Å². The molecular formula is C13H16BF3O3. The maximum atomic E-state index is 13.0. The molecule has 110 valence electrons. The number of rotatable bonds is 1. The predicted molar refractivity (Wildman–Crippen MR) is 68.8 cm³/mol. The average Bonchev–Trinajstić information content (AvgIpc) is 2.46. The van der Waals surface area contributed by atoms with Crippen LogP contribution in [-0.4, -0.2) is 23.4 Å². The summed E-state index contributed by atoms with van der Waals surface area (Å²) in [6.07, 6.45) is -4.54. The fraction of sp³-hybridized carbons (Fsp3) is 0.538. The van der Waals surface area contributed by atoms with E-state index in [0.29, 0.717) is 0 Å². The molecule has 1 heterocycles. The van der Waals surface area contributed by atoms with Gasteiger partial charge >= 0.3 is 13.3 Å². The third kappa shape index (κ3) is 2.52. The summed E-state index contributed by atoms with van der Waals surface area (Å²) < 4.78 is 50.3. The molecule has 0 saturated carbocycles. The summed E-state index contributed by atoms with van der Waals surface area (Å²) in [4.78, 5) is 0. The molecular weight excluding hydrogens is 272 g/mol. The van der Waals surface area contributed by atoms with Crippen molar-refractivity contribution in [1.29, 1.82) is 0 Å². The number of hydrogen-bond acceptors (Lipinski definition) is 3. The molecule has 0 unspecified atom stereocenters. The Hall–Kier alpha value is -1.21. The SMILES string of the molecule is CC1(C)OB(c2cc(O)ccc2C(F)(F)F)OC1(C)C. The molecule has 1 fully saturated rings. The molecule has 0 amide bonds. The Kier molecular flexibility index (Phi) is 3.34. The van der Waals surface area contributed by atoms with E-state index < -0.39 is 30.1 Å². The minimum Gasteiger partial charge on any atom is -0.508 e. The molecule has 0 aromatic heterocycles. The molecule has 0 spiro atoms. The van der Waals surface area contributed by atoms with Gasteiger partial charge < -0.3 is 14.4 Å². The molecule has 1 aliphatic rings. The molecule has 3 nitrogen and oxygen atoms in total. The van der Waals surface area contributed by atoms with Gasteiger partial charge in [0.05, 0.1) is 16.8 Å². The zero-order valence-corrected chi connectivity index (χ0v) is 11.7. The van der Waals surface area contributed by atoms with Crippen LogP contribution < -0.4 is 5.46 Å². The van der Waals surface area contributed by atoms with E-state index in [1.807, 2.05) is 0 Å². The lowest BCUT2D eigenvalue weighted by Gasteiger charge is -2.32. The number of halogens is 3. The van der Waals surface area contributed by atoms with E-state index >= 15 is 0 Å². The lowest BCUT2D eigenvalue weighted by atomic mass is 9.75. The number of hydrogen-bond donors (Lipinski definition) is 1. The first-order valence-corrected chi connectivity index (χ1v) is 6.20. The number of alkyl halides is 3. The first kappa shape index (κ1) is 15.2. The number of phenols is 1. The molecule has 2 rings (SSSR count). The van der Waals surface area contributed by atoms with Gasteiger partial charge in [-0.2, -0.15) is 13.2 Å². The van der Waals surface area contributed by atoms with Crippen LogP contribution >= 0.6 is 0 Å². The van der Waals surface area contributed by atoms with Crippen molar-refractivity contribution in [3.8, 4) is 5.75 Å². The lowest BCUT2D eigenvalue weighted by Crippen LogP contribution is -2.41. The van der Waals surface area contributed by atoms with Crippen molar-refractivity contribution in [3.05, 3.63) is 23.8 Å². The smallest absolute Gasteiger partial charge is 0.495 e. The summed E-state index contributed by atoms with van der Waals surface area (Å²) in [7, 11) is -1.16. The van der Waals surface area contributed by atoms with Gasteiger partial charge in [0.2, 0.25) is 0 Å². The second-order valence-corrected chi connectivity index (χ2v) is 5.86. The molecule has 1 aromatic rings. The summed E-state index contributed by atoms with van der Waals surface area (Å²) in [6, 6.07) is 2.86. The first-order chi connectivity index (χ1) is 8.94. The van der Waals surface area contributed by atoms with Crippen LogP contribution in [0.25, 0.3) is 0 Å². The quantitative estimate of drug-likeness (QED) is 0.807. The Morgan fingerprint density at radius 3 is 2.00 bits per heavy atom. The predicted octanol–water partition coefficient (Wildman–Crippen LogP) is 2.71. The van der Waals surface area contributed by atoms with Crippen LogP contribution in [0.2, 0.25) is 0 Å². The third-order valence-electron chi connectivity index (χ3n) is 3.85. The minimum atomic E-state index is -4.54. The summed E-state index contributed by atoms with van der Waals surface area (Å²) in [6.45, 7) is 7.01. The summed E-state index contributed by atoms with van der Waals surface area (Å²) in [5.74, 6) is -0.261. The van der Waals surface area contributed by atoms with Crippen molar-refractivity contribution in [2.75, 3.05) is 0 Å². The number of aromatic hydroxyl groups is 1. The molecule has 0 radical (unpaired) electrons. The summed E-state index contributed by atoms with van der Waals surface area (Å²) in [5.41, 5.74) is -2.57. The van der Waals surface area contributed by atoms with Gasteiger partial charge in [0.15, 0.2) is 0 Å². The maximum absolute atomic E-state index is 13.0. The maximum Gasteiger partial charge on any atom is 0.495 e. The van der Waals surface area contributed by atoms with E-state index in [4.69, 9.17) is 9.31 Å². The molecule has 1 saturated heterocycles. The zero-order valence-electron chi connectivity index (χ0n) is 11.7. The van der Waals surface area contributed by atoms with Gasteiger partial charge in [-0.15, -0.1) is 0 Å². The van der Waals surface area contributed by atoms with Crippen LogP contribution in [0.3, 0.4) is 0 Å². The Balaban J connectivity index is 2.47. The van der Waals surface area contributed by atoms with E-state index in [1.165, 1.54) is 0 Å². The number of phenolic OH excluding ortho intramolecular Hbond substituents is 1. The van der Waals surface area contributed by atoms with Crippen molar-refractivity contribution in [3.63, 3.8) is 0 Å².